The summed E-state index contributed by atoms with van der Waals surface area (Å²) in [6.45, 7) is 2.60. The van der Waals surface area contributed by atoms with Crippen molar-refractivity contribution in [2.45, 2.75) is 20.0 Å². The Bertz CT molecular complexity index is 1030. The average molecular weight is 541 g/mol. The molecule has 0 atom stereocenters. The molecular weight excluding hydrogens is 522 g/mol. The quantitative estimate of drug-likeness (QED) is 0.238. The van der Waals surface area contributed by atoms with Gasteiger partial charge in [0.2, 0.25) is 0 Å². The number of carbonyl (C=O) groups is 2. The molecule has 1 fully saturated rings. The lowest BCUT2D eigenvalue weighted by molar-refractivity contribution is -0.143. The van der Waals surface area contributed by atoms with Gasteiger partial charge in [-0.25, -0.2) is 0 Å². The highest BCUT2D eigenvalue weighted by Crippen LogP contribution is 2.35. The second-order valence-electron chi connectivity index (χ2n) is 6.49. The predicted octanol–water partition coefficient (Wildman–Crippen LogP) is 5.84. The molecular formula is C22H19BrClNO4S2. The van der Waals surface area contributed by atoms with Crippen molar-refractivity contribution in [3.8, 4) is 5.75 Å². The van der Waals surface area contributed by atoms with Gasteiger partial charge in [0.1, 0.15) is 16.7 Å². The zero-order valence-corrected chi connectivity index (χ0v) is 20.6. The second kappa shape index (κ2) is 11.1. The Morgan fingerprint density at radius 2 is 2.00 bits per heavy atom. The van der Waals surface area contributed by atoms with E-state index in [2.05, 4.69) is 15.9 Å². The maximum absolute atomic E-state index is 12.8. The van der Waals surface area contributed by atoms with Gasteiger partial charge < -0.3 is 9.47 Å². The fraction of sp³-hybridized carbons (Fsp3) is 0.227. The summed E-state index contributed by atoms with van der Waals surface area (Å²) < 4.78 is 12.2. The van der Waals surface area contributed by atoms with Crippen molar-refractivity contribution in [3.63, 3.8) is 0 Å². The summed E-state index contributed by atoms with van der Waals surface area (Å²) in [7, 11) is 0. The third-order valence-corrected chi connectivity index (χ3v) is 6.41. The molecule has 0 unspecified atom stereocenters. The van der Waals surface area contributed by atoms with E-state index in [-0.39, 0.29) is 24.8 Å². The number of thioether (sulfide) groups is 1. The summed E-state index contributed by atoms with van der Waals surface area (Å²) in [5, 5.41) is 0.665. The second-order valence-corrected chi connectivity index (χ2v) is 9.51. The third kappa shape index (κ3) is 6.55. The predicted molar refractivity (Wildman–Crippen MR) is 131 cm³/mol. The highest BCUT2D eigenvalue weighted by molar-refractivity contribution is 9.10. The summed E-state index contributed by atoms with van der Waals surface area (Å²) in [5.74, 6) is 0.0447. The smallest absolute Gasteiger partial charge is 0.307 e. The SMILES string of the molecule is CCOC(=O)CCN1C(=O)/C(=C\c2cc(Br)ccc2OCc2ccc(Cl)cc2)SC1=S. The topological polar surface area (TPSA) is 55.8 Å². The minimum absolute atomic E-state index is 0.0971. The van der Waals surface area contributed by atoms with Gasteiger partial charge in [0.25, 0.3) is 5.91 Å². The summed E-state index contributed by atoms with van der Waals surface area (Å²) in [6, 6.07) is 13.0. The highest BCUT2D eigenvalue weighted by Gasteiger charge is 2.32. The van der Waals surface area contributed by atoms with E-state index < -0.39 is 0 Å². The summed E-state index contributed by atoms with van der Waals surface area (Å²) >= 11 is 15.9. The first-order valence-electron chi connectivity index (χ1n) is 9.45. The van der Waals surface area contributed by atoms with Crippen molar-refractivity contribution in [2.75, 3.05) is 13.2 Å². The molecule has 0 radical (unpaired) electrons. The van der Waals surface area contributed by atoms with Gasteiger partial charge in [0, 0.05) is 21.6 Å². The largest absolute Gasteiger partial charge is 0.488 e. The number of nitrogens with zero attached hydrogens (tertiary/aromatic N) is 1. The van der Waals surface area contributed by atoms with Crippen LogP contribution in [0.3, 0.4) is 0 Å². The maximum Gasteiger partial charge on any atom is 0.307 e. The van der Waals surface area contributed by atoms with Crippen LogP contribution in [-0.2, 0) is 20.9 Å². The van der Waals surface area contributed by atoms with Crippen molar-refractivity contribution in [2.24, 2.45) is 0 Å². The molecule has 5 nitrogen and oxygen atoms in total. The number of carbonyl (C=O) groups excluding carboxylic acids is 2. The zero-order chi connectivity index (χ0) is 22.4. The first kappa shape index (κ1) is 23.8. The number of amides is 1. The first-order chi connectivity index (χ1) is 14.9. The van der Waals surface area contributed by atoms with Crippen molar-refractivity contribution in [1.29, 1.82) is 0 Å². The molecule has 1 aliphatic rings. The molecule has 0 aromatic heterocycles. The Hall–Kier alpha value is -1.87. The van der Waals surface area contributed by atoms with Crippen molar-refractivity contribution >= 4 is 73.8 Å². The minimum Gasteiger partial charge on any atom is -0.488 e. The fourth-order valence-electron chi connectivity index (χ4n) is 2.78. The molecule has 0 N–H and O–H groups in total. The molecule has 0 spiro atoms. The number of hydrogen-bond acceptors (Lipinski definition) is 6. The van der Waals surface area contributed by atoms with E-state index in [0.29, 0.717) is 33.2 Å². The van der Waals surface area contributed by atoms with Gasteiger partial charge in [0.05, 0.1) is 17.9 Å². The third-order valence-electron chi connectivity index (χ3n) is 4.28. The van der Waals surface area contributed by atoms with Crippen LogP contribution in [0.15, 0.2) is 51.8 Å². The lowest BCUT2D eigenvalue weighted by Gasteiger charge is -2.13. The number of halogens is 2. The van der Waals surface area contributed by atoms with E-state index in [4.69, 9.17) is 33.3 Å². The number of ether oxygens (including phenoxy) is 2. The zero-order valence-electron chi connectivity index (χ0n) is 16.6. The molecule has 3 rings (SSSR count). The van der Waals surface area contributed by atoms with Gasteiger partial charge in [-0.3, -0.25) is 14.5 Å². The molecule has 2 aromatic carbocycles. The van der Waals surface area contributed by atoms with E-state index in [1.54, 1.807) is 13.0 Å². The number of hydrogen-bond donors (Lipinski definition) is 0. The number of rotatable bonds is 8. The van der Waals surface area contributed by atoms with Crippen LogP contribution in [0.1, 0.15) is 24.5 Å². The van der Waals surface area contributed by atoms with Gasteiger partial charge in [-0.1, -0.05) is 63.6 Å². The van der Waals surface area contributed by atoms with E-state index >= 15 is 0 Å². The molecule has 0 saturated carbocycles. The van der Waals surface area contributed by atoms with E-state index in [1.807, 2.05) is 42.5 Å². The molecule has 1 aliphatic heterocycles. The Morgan fingerprint density at radius 3 is 2.71 bits per heavy atom. The van der Waals surface area contributed by atoms with Crippen molar-refractivity contribution < 1.29 is 19.1 Å². The molecule has 1 amide bonds. The molecule has 162 valence electrons. The Labute approximate surface area is 203 Å². The van der Waals surface area contributed by atoms with Crippen molar-refractivity contribution in [3.05, 3.63) is 68.0 Å². The van der Waals surface area contributed by atoms with E-state index in [1.165, 1.54) is 16.7 Å². The van der Waals surface area contributed by atoms with Crippen LogP contribution < -0.4 is 4.74 Å². The average Bonchev–Trinajstić information content (AvgIpc) is 3.00. The van der Waals surface area contributed by atoms with Crippen molar-refractivity contribution in [1.82, 2.24) is 4.90 Å². The maximum atomic E-state index is 12.8. The molecule has 9 heteroatoms. The standard InChI is InChI=1S/C22H19BrClNO4S2/c1-2-28-20(26)9-10-25-21(27)19(31-22(25)30)12-15-11-16(23)5-8-18(15)29-13-14-3-6-17(24)7-4-14/h3-8,11-12H,2,9-10,13H2,1H3/b19-12+. The van der Waals surface area contributed by atoms with Crippen LogP contribution in [0, 0.1) is 0 Å². The van der Waals surface area contributed by atoms with Gasteiger partial charge >= 0.3 is 5.97 Å². The molecule has 0 aliphatic carbocycles. The fourth-order valence-corrected chi connectivity index (χ4v) is 4.58. The summed E-state index contributed by atoms with van der Waals surface area (Å²) in [5.41, 5.74) is 1.72. The number of esters is 1. The molecule has 1 saturated heterocycles. The minimum atomic E-state index is -0.356. The Balaban J connectivity index is 1.75. The molecule has 31 heavy (non-hydrogen) atoms. The number of benzene rings is 2. The lowest BCUT2D eigenvalue weighted by Crippen LogP contribution is -2.30. The number of thiocarbonyl (C=S) groups is 1. The monoisotopic (exact) mass is 539 g/mol. The van der Waals surface area contributed by atoms with E-state index in [0.717, 1.165) is 15.6 Å². The van der Waals surface area contributed by atoms with Crippen LogP contribution in [-0.4, -0.2) is 34.2 Å². The lowest BCUT2D eigenvalue weighted by atomic mass is 10.1. The van der Waals surface area contributed by atoms with Crippen LogP contribution in [0.4, 0.5) is 0 Å². The van der Waals surface area contributed by atoms with Crippen LogP contribution in [0.5, 0.6) is 5.75 Å². The van der Waals surface area contributed by atoms with Gasteiger partial charge in [-0.05, 0) is 48.9 Å². The van der Waals surface area contributed by atoms with Gasteiger partial charge in [0.15, 0.2) is 0 Å². The summed E-state index contributed by atoms with van der Waals surface area (Å²) in [6.07, 6.45) is 1.85. The van der Waals surface area contributed by atoms with Crippen LogP contribution >= 0.6 is 51.5 Å². The normalized spacial score (nSPS) is 14.9. The van der Waals surface area contributed by atoms with Crippen LogP contribution in [0.25, 0.3) is 6.08 Å². The Kier molecular flexibility index (Phi) is 8.54. The molecule has 2 aromatic rings. The van der Waals surface area contributed by atoms with E-state index in [9.17, 15) is 9.59 Å². The Morgan fingerprint density at radius 1 is 1.26 bits per heavy atom. The summed E-state index contributed by atoms with van der Waals surface area (Å²) in [4.78, 5) is 26.4. The van der Waals surface area contributed by atoms with Gasteiger partial charge in [-0.15, -0.1) is 0 Å². The van der Waals surface area contributed by atoms with Crippen LogP contribution in [0.2, 0.25) is 5.02 Å². The first-order valence-corrected chi connectivity index (χ1v) is 11.8. The molecule has 1 heterocycles. The highest BCUT2D eigenvalue weighted by atomic mass is 79.9. The van der Waals surface area contributed by atoms with Gasteiger partial charge in [-0.2, -0.15) is 0 Å². The molecule has 0 bridgehead atoms.